The minimum Gasteiger partial charge on any atom is -0.466 e. The number of rotatable bonds is 7. The number of aliphatic hydroxyl groups is 1. The van der Waals surface area contributed by atoms with Crippen molar-refractivity contribution in [2.24, 2.45) is 0 Å². The topological polar surface area (TPSA) is 46.5 Å². The monoisotopic (exact) mass is 264 g/mol. The number of benzene rings is 1. The number of carbonyl (C=O) groups is 1. The number of aliphatic hydroxyl groups excluding tert-OH is 1. The highest BCUT2D eigenvalue weighted by Crippen LogP contribution is 2.25. The van der Waals surface area contributed by atoms with E-state index in [1.165, 1.54) is 0 Å². The molecule has 0 saturated heterocycles. The zero-order valence-electron chi connectivity index (χ0n) is 12.1. The van der Waals surface area contributed by atoms with E-state index in [-0.39, 0.29) is 12.4 Å². The van der Waals surface area contributed by atoms with Crippen LogP contribution in [0.1, 0.15) is 55.4 Å². The van der Waals surface area contributed by atoms with Crippen molar-refractivity contribution in [3.05, 3.63) is 34.9 Å². The first-order valence-electron chi connectivity index (χ1n) is 6.96. The van der Waals surface area contributed by atoms with Crippen LogP contribution in [0.15, 0.2) is 18.2 Å². The Hall–Kier alpha value is -1.35. The summed E-state index contributed by atoms with van der Waals surface area (Å²) in [7, 11) is 0. The number of carbonyl (C=O) groups excluding carboxylic acids is 1. The first-order chi connectivity index (χ1) is 9.06. The molecule has 0 spiro atoms. The lowest BCUT2D eigenvalue weighted by atomic mass is 9.95. The lowest BCUT2D eigenvalue weighted by molar-refractivity contribution is -0.144. The highest BCUT2D eigenvalue weighted by atomic mass is 16.5. The second-order valence-electron chi connectivity index (χ2n) is 4.93. The van der Waals surface area contributed by atoms with Crippen LogP contribution in [0.25, 0.3) is 0 Å². The average Bonchev–Trinajstić information content (AvgIpc) is 2.36. The third-order valence-electron chi connectivity index (χ3n) is 3.26. The first-order valence-corrected chi connectivity index (χ1v) is 6.96. The summed E-state index contributed by atoms with van der Waals surface area (Å²) in [6.07, 6.45) is 1.98. The van der Waals surface area contributed by atoms with Crippen molar-refractivity contribution in [1.29, 1.82) is 0 Å². The number of esters is 1. The van der Waals surface area contributed by atoms with Gasteiger partial charge in [0.1, 0.15) is 0 Å². The molecule has 19 heavy (non-hydrogen) atoms. The summed E-state index contributed by atoms with van der Waals surface area (Å²) in [4.78, 5) is 11.5. The van der Waals surface area contributed by atoms with Crippen LogP contribution in [-0.2, 0) is 9.53 Å². The van der Waals surface area contributed by atoms with E-state index in [2.05, 4.69) is 6.92 Å². The zero-order valence-corrected chi connectivity index (χ0v) is 12.1. The molecule has 0 aliphatic rings. The summed E-state index contributed by atoms with van der Waals surface area (Å²) in [5.74, 6) is -0.223. The van der Waals surface area contributed by atoms with E-state index in [0.29, 0.717) is 13.0 Å². The van der Waals surface area contributed by atoms with Gasteiger partial charge in [-0.3, -0.25) is 4.79 Å². The van der Waals surface area contributed by atoms with Crippen molar-refractivity contribution in [2.45, 2.75) is 52.6 Å². The molecule has 1 aromatic rings. The van der Waals surface area contributed by atoms with Gasteiger partial charge in [-0.1, -0.05) is 31.5 Å². The van der Waals surface area contributed by atoms with E-state index in [9.17, 15) is 9.90 Å². The Morgan fingerprint density at radius 2 is 1.95 bits per heavy atom. The summed E-state index contributed by atoms with van der Waals surface area (Å²) in [5, 5.41) is 10.2. The molecule has 0 bridgehead atoms. The fourth-order valence-corrected chi connectivity index (χ4v) is 2.15. The molecule has 1 atom stereocenters. The van der Waals surface area contributed by atoms with E-state index in [1.807, 2.05) is 32.0 Å². The summed E-state index contributed by atoms with van der Waals surface area (Å²) in [6.45, 7) is 6.49. The zero-order chi connectivity index (χ0) is 14.3. The average molecular weight is 264 g/mol. The van der Waals surface area contributed by atoms with E-state index >= 15 is 0 Å². The summed E-state index contributed by atoms with van der Waals surface area (Å²) < 4.78 is 5.08. The molecule has 0 saturated carbocycles. The Kier molecular flexibility index (Phi) is 6.57. The number of unbranched alkanes of at least 4 members (excludes halogenated alkanes) is 1. The van der Waals surface area contributed by atoms with Gasteiger partial charge < -0.3 is 9.84 Å². The number of hydrogen-bond acceptors (Lipinski definition) is 3. The molecule has 0 radical (unpaired) electrons. The Morgan fingerprint density at radius 3 is 2.53 bits per heavy atom. The molecule has 1 N–H and O–H groups in total. The highest BCUT2D eigenvalue weighted by Gasteiger charge is 2.15. The largest absolute Gasteiger partial charge is 0.466 e. The van der Waals surface area contributed by atoms with E-state index in [0.717, 1.165) is 29.5 Å². The van der Waals surface area contributed by atoms with Gasteiger partial charge in [-0.15, -0.1) is 0 Å². The van der Waals surface area contributed by atoms with Gasteiger partial charge in [-0.2, -0.15) is 0 Å². The van der Waals surface area contributed by atoms with Gasteiger partial charge in [0.15, 0.2) is 0 Å². The van der Waals surface area contributed by atoms with Gasteiger partial charge >= 0.3 is 5.97 Å². The predicted molar refractivity (Wildman–Crippen MR) is 76.0 cm³/mol. The molecule has 0 aliphatic heterocycles. The van der Waals surface area contributed by atoms with Gasteiger partial charge in [-0.05, 0) is 43.4 Å². The van der Waals surface area contributed by atoms with Gasteiger partial charge in [0.25, 0.3) is 0 Å². The second-order valence-corrected chi connectivity index (χ2v) is 4.93. The molecule has 3 heteroatoms. The van der Waals surface area contributed by atoms with Crippen LogP contribution in [0.4, 0.5) is 0 Å². The molecule has 0 aliphatic carbocycles. The molecular weight excluding hydrogens is 240 g/mol. The van der Waals surface area contributed by atoms with Gasteiger partial charge in [-0.25, -0.2) is 0 Å². The lowest BCUT2D eigenvalue weighted by Crippen LogP contribution is -2.09. The third kappa shape index (κ3) is 5.03. The Balaban J connectivity index is 2.47. The van der Waals surface area contributed by atoms with E-state index < -0.39 is 6.10 Å². The lowest BCUT2D eigenvalue weighted by Gasteiger charge is -2.16. The molecule has 0 heterocycles. The molecule has 0 amide bonds. The molecule has 1 unspecified atom stereocenters. The second kappa shape index (κ2) is 7.95. The van der Waals surface area contributed by atoms with Crippen molar-refractivity contribution in [3.8, 4) is 0 Å². The molecule has 0 aromatic heterocycles. The van der Waals surface area contributed by atoms with Gasteiger partial charge in [0.05, 0.1) is 12.7 Å². The minimum atomic E-state index is -0.597. The van der Waals surface area contributed by atoms with Crippen LogP contribution < -0.4 is 0 Å². The SMILES string of the molecule is CCCCOC(=O)CCC(O)c1c(C)cccc1C. The fraction of sp³-hybridized carbons (Fsp3) is 0.562. The van der Waals surface area contributed by atoms with Gasteiger partial charge in [0.2, 0.25) is 0 Å². The summed E-state index contributed by atoms with van der Waals surface area (Å²) >= 11 is 0. The smallest absolute Gasteiger partial charge is 0.305 e. The number of ether oxygens (including phenoxy) is 1. The van der Waals surface area contributed by atoms with Crippen LogP contribution in [0.2, 0.25) is 0 Å². The van der Waals surface area contributed by atoms with Crippen molar-refractivity contribution in [1.82, 2.24) is 0 Å². The Morgan fingerprint density at radius 1 is 1.32 bits per heavy atom. The number of hydrogen-bond donors (Lipinski definition) is 1. The molecular formula is C16H24O3. The van der Waals surface area contributed by atoms with E-state index in [4.69, 9.17) is 4.74 Å². The molecule has 1 aromatic carbocycles. The van der Waals surface area contributed by atoms with Gasteiger partial charge in [0, 0.05) is 6.42 Å². The van der Waals surface area contributed by atoms with Crippen LogP contribution in [-0.4, -0.2) is 17.7 Å². The molecule has 0 fully saturated rings. The quantitative estimate of drug-likeness (QED) is 0.606. The highest BCUT2D eigenvalue weighted by molar-refractivity contribution is 5.69. The van der Waals surface area contributed by atoms with Crippen molar-refractivity contribution in [2.75, 3.05) is 6.61 Å². The van der Waals surface area contributed by atoms with Crippen molar-refractivity contribution in [3.63, 3.8) is 0 Å². The molecule has 1 rings (SSSR count). The first kappa shape index (κ1) is 15.7. The van der Waals surface area contributed by atoms with Crippen LogP contribution in [0.5, 0.6) is 0 Å². The Bertz CT molecular complexity index is 392. The van der Waals surface area contributed by atoms with Crippen molar-refractivity contribution < 1.29 is 14.6 Å². The van der Waals surface area contributed by atoms with E-state index in [1.54, 1.807) is 0 Å². The molecule has 3 nitrogen and oxygen atoms in total. The number of aryl methyl sites for hydroxylation is 2. The maximum absolute atomic E-state index is 11.5. The maximum atomic E-state index is 11.5. The van der Waals surface area contributed by atoms with Crippen LogP contribution >= 0.6 is 0 Å². The Labute approximate surface area is 115 Å². The minimum absolute atomic E-state index is 0.223. The van der Waals surface area contributed by atoms with Crippen LogP contribution in [0.3, 0.4) is 0 Å². The third-order valence-corrected chi connectivity index (χ3v) is 3.26. The van der Waals surface area contributed by atoms with Crippen LogP contribution in [0, 0.1) is 13.8 Å². The van der Waals surface area contributed by atoms with Crippen molar-refractivity contribution >= 4 is 5.97 Å². The summed E-state index contributed by atoms with van der Waals surface area (Å²) in [6, 6.07) is 5.93. The fourth-order valence-electron chi connectivity index (χ4n) is 2.15. The summed E-state index contributed by atoms with van der Waals surface area (Å²) in [5.41, 5.74) is 3.06. The maximum Gasteiger partial charge on any atom is 0.305 e. The molecule has 106 valence electrons. The standard InChI is InChI=1S/C16H24O3/c1-4-5-11-19-15(18)10-9-14(17)16-12(2)7-6-8-13(16)3/h6-8,14,17H,4-5,9-11H2,1-3H3. The predicted octanol–water partition coefficient (Wildman–Crippen LogP) is 3.46. The normalized spacial score (nSPS) is 12.2.